The largest absolute Gasteiger partial charge is 0.337 e. The Morgan fingerprint density at radius 1 is 1.12 bits per heavy atom. The molecule has 0 radical (unpaired) electrons. The summed E-state index contributed by atoms with van der Waals surface area (Å²) < 4.78 is 0.673. The third kappa shape index (κ3) is 3.30. The molecule has 2 rings (SSSR count). The van der Waals surface area contributed by atoms with Crippen LogP contribution >= 0.6 is 12.2 Å². The first-order valence-corrected chi connectivity index (χ1v) is 6.57. The Labute approximate surface area is 107 Å². The minimum Gasteiger partial charge on any atom is -0.337 e. The fourth-order valence-corrected chi connectivity index (χ4v) is 2.09. The molecular weight excluding hydrogens is 228 g/mol. The van der Waals surface area contributed by atoms with Crippen molar-refractivity contribution in [1.29, 1.82) is 0 Å². The Morgan fingerprint density at radius 3 is 2.47 bits per heavy atom. The van der Waals surface area contributed by atoms with Crippen LogP contribution in [0.1, 0.15) is 31.7 Å². The predicted molar refractivity (Wildman–Crippen MR) is 74.6 cm³/mol. The van der Waals surface area contributed by atoms with Gasteiger partial charge in [0.25, 0.3) is 0 Å². The molecule has 1 aromatic carbocycles. The SMILES string of the molecule is CCCCCc1ccc(-c2c[nH]c(=S)[nH]2)cc1. The number of aromatic amines is 2. The van der Waals surface area contributed by atoms with Crippen LogP contribution in [0.2, 0.25) is 0 Å². The van der Waals surface area contributed by atoms with E-state index in [1.165, 1.54) is 36.8 Å². The number of imidazole rings is 1. The van der Waals surface area contributed by atoms with Crippen LogP contribution in [0, 0.1) is 4.77 Å². The number of aromatic nitrogens is 2. The van der Waals surface area contributed by atoms with Gasteiger partial charge in [-0.25, -0.2) is 0 Å². The smallest absolute Gasteiger partial charge is 0.174 e. The highest BCUT2D eigenvalue weighted by molar-refractivity contribution is 7.71. The number of rotatable bonds is 5. The lowest BCUT2D eigenvalue weighted by atomic mass is 10.0. The van der Waals surface area contributed by atoms with Crippen molar-refractivity contribution in [2.45, 2.75) is 32.6 Å². The van der Waals surface area contributed by atoms with Gasteiger partial charge in [0, 0.05) is 6.20 Å². The van der Waals surface area contributed by atoms with E-state index in [2.05, 4.69) is 41.2 Å². The van der Waals surface area contributed by atoms with Gasteiger partial charge in [0.05, 0.1) is 5.69 Å². The van der Waals surface area contributed by atoms with Crippen molar-refractivity contribution >= 4 is 12.2 Å². The molecule has 90 valence electrons. The standard InChI is InChI=1S/C14H18N2S/c1-2-3-4-5-11-6-8-12(9-7-11)13-10-15-14(17)16-13/h6-10H,2-5H2,1H3,(H2,15,16,17). The van der Waals surface area contributed by atoms with Crippen molar-refractivity contribution < 1.29 is 0 Å². The van der Waals surface area contributed by atoms with E-state index in [4.69, 9.17) is 12.2 Å². The molecule has 1 heterocycles. The first kappa shape index (κ1) is 12.1. The predicted octanol–water partition coefficient (Wildman–Crippen LogP) is 4.47. The zero-order valence-corrected chi connectivity index (χ0v) is 10.9. The van der Waals surface area contributed by atoms with E-state index in [0.717, 1.165) is 5.69 Å². The molecule has 0 unspecified atom stereocenters. The molecule has 0 aliphatic heterocycles. The van der Waals surface area contributed by atoms with Gasteiger partial charge < -0.3 is 9.97 Å². The minimum absolute atomic E-state index is 0.673. The van der Waals surface area contributed by atoms with Crippen molar-refractivity contribution in [3.8, 4) is 11.3 Å². The van der Waals surface area contributed by atoms with Crippen LogP contribution in [-0.2, 0) is 6.42 Å². The second kappa shape index (κ2) is 5.82. The van der Waals surface area contributed by atoms with Gasteiger partial charge in [-0.05, 0) is 36.2 Å². The fraction of sp³-hybridized carbons (Fsp3) is 0.357. The first-order chi connectivity index (χ1) is 8.29. The van der Waals surface area contributed by atoms with Crippen LogP contribution < -0.4 is 0 Å². The summed E-state index contributed by atoms with van der Waals surface area (Å²) in [4.78, 5) is 6.11. The fourth-order valence-electron chi connectivity index (χ4n) is 1.92. The van der Waals surface area contributed by atoms with E-state index < -0.39 is 0 Å². The van der Waals surface area contributed by atoms with Gasteiger partial charge in [-0.3, -0.25) is 0 Å². The number of hydrogen-bond acceptors (Lipinski definition) is 1. The van der Waals surface area contributed by atoms with Gasteiger partial charge >= 0.3 is 0 Å². The summed E-state index contributed by atoms with van der Waals surface area (Å²) in [6.45, 7) is 2.23. The summed E-state index contributed by atoms with van der Waals surface area (Å²) in [6, 6.07) is 8.70. The summed E-state index contributed by atoms with van der Waals surface area (Å²) in [7, 11) is 0. The van der Waals surface area contributed by atoms with Crippen molar-refractivity contribution in [2.24, 2.45) is 0 Å². The summed E-state index contributed by atoms with van der Waals surface area (Å²) in [5, 5.41) is 0. The Morgan fingerprint density at radius 2 is 1.88 bits per heavy atom. The molecular formula is C14H18N2S. The van der Waals surface area contributed by atoms with Crippen molar-refractivity contribution in [2.75, 3.05) is 0 Å². The van der Waals surface area contributed by atoms with E-state index in [1.54, 1.807) is 0 Å². The third-order valence-corrected chi connectivity index (χ3v) is 3.15. The molecule has 0 saturated carbocycles. The van der Waals surface area contributed by atoms with Gasteiger partial charge in [-0.15, -0.1) is 0 Å². The Kier molecular flexibility index (Phi) is 4.15. The maximum absolute atomic E-state index is 5.02. The van der Waals surface area contributed by atoms with Crippen LogP contribution in [0.15, 0.2) is 30.5 Å². The highest BCUT2D eigenvalue weighted by Gasteiger charge is 1.99. The van der Waals surface area contributed by atoms with Crippen LogP contribution in [0.4, 0.5) is 0 Å². The van der Waals surface area contributed by atoms with Crippen LogP contribution in [0.5, 0.6) is 0 Å². The van der Waals surface area contributed by atoms with E-state index in [0.29, 0.717) is 4.77 Å². The zero-order chi connectivity index (χ0) is 12.1. The second-order valence-electron chi connectivity index (χ2n) is 4.31. The monoisotopic (exact) mass is 246 g/mol. The number of aryl methyl sites for hydroxylation is 1. The number of hydrogen-bond donors (Lipinski definition) is 2. The van der Waals surface area contributed by atoms with Gasteiger partial charge in [0.15, 0.2) is 4.77 Å². The molecule has 0 saturated heterocycles. The average molecular weight is 246 g/mol. The van der Waals surface area contributed by atoms with Gasteiger partial charge in [-0.2, -0.15) is 0 Å². The van der Waals surface area contributed by atoms with E-state index in [1.807, 2.05) is 6.20 Å². The lowest BCUT2D eigenvalue weighted by Gasteiger charge is -2.02. The quantitative estimate of drug-likeness (QED) is 0.592. The molecule has 0 bridgehead atoms. The molecule has 2 N–H and O–H groups in total. The molecule has 0 aliphatic carbocycles. The van der Waals surface area contributed by atoms with E-state index in [-0.39, 0.29) is 0 Å². The van der Waals surface area contributed by atoms with Crippen molar-refractivity contribution in [1.82, 2.24) is 9.97 Å². The molecule has 0 atom stereocenters. The normalized spacial score (nSPS) is 10.6. The number of benzene rings is 1. The van der Waals surface area contributed by atoms with Gasteiger partial charge in [-0.1, -0.05) is 44.0 Å². The highest BCUT2D eigenvalue weighted by Crippen LogP contribution is 2.17. The summed E-state index contributed by atoms with van der Waals surface area (Å²) in [5.74, 6) is 0. The van der Waals surface area contributed by atoms with Crippen molar-refractivity contribution in [3.05, 3.63) is 40.8 Å². The van der Waals surface area contributed by atoms with Crippen molar-refractivity contribution in [3.63, 3.8) is 0 Å². The highest BCUT2D eigenvalue weighted by atomic mass is 32.1. The molecule has 2 nitrogen and oxygen atoms in total. The average Bonchev–Trinajstić information content (AvgIpc) is 2.77. The Hall–Kier alpha value is -1.35. The van der Waals surface area contributed by atoms with Gasteiger partial charge in [0.2, 0.25) is 0 Å². The molecule has 17 heavy (non-hydrogen) atoms. The Bertz CT molecular complexity index is 508. The van der Waals surface area contributed by atoms with Gasteiger partial charge in [0.1, 0.15) is 0 Å². The summed E-state index contributed by atoms with van der Waals surface area (Å²) in [5.41, 5.74) is 3.64. The molecule has 0 spiro atoms. The topological polar surface area (TPSA) is 31.6 Å². The number of unbranched alkanes of at least 4 members (excludes halogenated alkanes) is 2. The first-order valence-electron chi connectivity index (χ1n) is 6.16. The van der Waals surface area contributed by atoms with E-state index in [9.17, 15) is 0 Å². The lowest BCUT2D eigenvalue weighted by Crippen LogP contribution is -1.85. The Balaban J connectivity index is 2.05. The molecule has 0 amide bonds. The second-order valence-corrected chi connectivity index (χ2v) is 4.72. The van der Waals surface area contributed by atoms with Crippen LogP contribution in [0.3, 0.4) is 0 Å². The molecule has 0 aliphatic rings. The maximum Gasteiger partial charge on any atom is 0.174 e. The summed E-state index contributed by atoms with van der Waals surface area (Å²) in [6.07, 6.45) is 6.96. The van der Waals surface area contributed by atoms with E-state index >= 15 is 0 Å². The van der Waals surface area contributed by atoms with Crippen LogP contribution in [-0.4, -0.2) is 9.97 Å². The molecule has 2 aromatic rings. The summed E-state index contributed by atoms with van der Waals surface area (Å²) >= 11 is 5.02. The third-order valence-electron chi connectivity index (χ3n) is 2.93. The minimum atomic E-state index is 0.673. The molecule has 1 aromatic heterocycles. The zero-order valence-electron chi connectivity index (χ0n) is 10.1. The molecule has 3 heteroatoms. The number of nitrogens with one attached hydrogen (secondary N) is 2. The number of H-pyrrole nitrogens is 2. The van der Waals surface area contributed by atoms with Crippen LogP contribution in [0.25, 0.3) is 11.3 Å². The lowest BCUT2D eigenvalue weighted by molar-refractivity contribution is 0.717. The molecule has 0 fully saturated rings. The maximum atomic E-state index is 5.02.